The first-order chi connectivity index (χ1) is 12.3. The number of hydrogen-bond acceptors (Lipinski definition) is 5. The molecule has 0 radical (unpaired) electrons. The normalized spacial score (nSPS) is 21.1. The molecule has 2 aliphatic rings. The highest BCUT2D eigenvalue weighted by molar-refractivity contribution is 5.96. The van der Waals surface area contributed by atoms with Gasteiger partial charge in [-0.3, -0.25) is 19.7 Å². The van der Waals surface area contributed by atoms with Gasteiger partial charge in [-0.25, -0.2) is 0 Å². The lowest BCUT2D eigenvalue weighted by Crippen LogP contribution is -2.26. The number of ether oxygens (including phenoxy) is 1. The van der Waals surface area contributed by atoms with E-state index < -0.39 is 4.92 Å². The van der Waals surface area contributed by atoms with Crippen molar-refractivity contribution >= 4 is 11.7 Å². The Kier molecular flexibility index (Phi) is 6.49. The highest BCUT2D eigenvalue weighted by atomic mass is 16.6. The molecule has 0 saturated heterocycles. The van der Waals surface area contributed by atoms with Crippen LogP contribution < -0.4 is 5.32 Å². The minimum Gasteiger partial charge on any atom is -0.480 e. The number of rotatable bonds is 4. The molecule has 0 bridgehead atoms. The van der Waals surface area contributed by atoms with Crippen molar-refractivity contribution in [3.63, 3.8) is 0 Å². The van der Waals surface area contributed by atoms with Gasteiger partial charge in [-0.1, -0.05) is 12.5 Å². The fraction of sp³-hybridized carbons (Fsp3) is 0.474. The zero-order chi connectivity index (χ0) is 19.3. The van der Waals surface area contributed by atoms with Gasteiger partial charge in [0.1, 0.15) is 0 Å². The van der Waals surface area contributed by atoms with Crippen molar-refractivity contribution in [2.24, 2.45) is 5.92 Å². The molecule has 7 heteroatoms. The Morgan fingerprint density at radius 3 is 2.77 bits per heavy atom. The Bertz CT molecular complexity index is 743. The number of nitrogens with zero attached hydrogens (tertiary/aromatic N) is 1. The van der Waals surface area contributed by atoms with E-state index in [2.05, 4.69) is 5.32 Å². The topological polar surface area (TPSA) is 98.5 Å². The molecule has 1 N–H and O–H groups in total. The largest absolute Gasteiger partial charge is 0.480 e. The van der Waals surface area contributed by atoms with Crippen LogP contribution in [0.3, 0.4) is 0 Å². The van der Waals surface area contributed by atoms with Gasteiger partial charge in [0.15, 0.2) is 18.1 Å². The van der Waals surface area contributed by atoms with E-state index in [0.717, 1.165) is 17.6 Å². The number of likely N-dealkylation sites (N-methyl/N-ethyl adjacent to an activating group) is 1. The lowest BCUT2D eigenvalue weighted by atomic mass is 9.85. The van der Waals surface area contributed by atoms with Gasteiger partial charge >= 0.3 is 0 Å². The second-order valence-electron chi connectivity index (χ2n) is 6.56. The number of nitrogens with one attached hydrogen (secondary N) is 1. The van der Waals surface area contributed by atoms with E-state index in [0.29, 0.717) is 24.8 Å². The number of ketones is 1. The van der Waals surface area contributed by atoms with Crippen molar-refractivity contribution in [3.8, 4) is 0 Å². The first-order valence-electron chi connectivity index (χ1n) is 8.68. The monoisotopic (exact) mass is 360 g/mol. The van der Waals surface area contributed by atoms with Crippen molar-refractivity contribution in [1.82, 2.24) is 5.32 Å². The van der Waals surface area contributed by atoms with Gasteiger partial charge in [-0.2, -0.15) is 0 Å². The Morgan fingerprint density at radius 2 is 2.12 bits per heavy atom. The molecule has 2 aliphatic carbocycles. The molecule has 0 aromatic rings. The molecule has 0 aromatic carbocycles. The molecule has 1 amide bonds. The van der Waals surface area contributed by atoms with Crippen LogP contribution in [0.4, 0.5) is 0 Å². The van der Waals surface area contributed by atoms with Crippen LogP contribution in [0.2, 0.25) is 0 Å². The second kappa shape index (κ2) is 8.60. The molecule has 1 unspecified atom stereocenters. The molecule has 0 fully saturated rings. The third-order valence-corrected chi connectivity index (χ3v) is 4.69. The number of hydrogen-bond donors (Lipinski definition) is 1. The Hall–Kier alpha value is -2.70. The van der Waals surface area contributed by atoms with E-state index in [9.17, 15) is 19.7 Å². The minimum absolute atomic E-state index is 0.00738. The predicted molar refractivity (Wildman–Crippen MR) is 96.6 cm³/mol. The van der Waals surface area contributed by atoms with Crippen LogP contribution in [0.25, 0.3) is 0 Å². The molecule has 0 aromatic heterocycles. The van der Waals surface area contributed by atoms with Crippen molar-refractivity contribution in [2.75, 3.05) is 13.7 Å². The van der Waals surface area contributed by atoms with Crippen molar-refractivity contribution < 1.29 is 19.2 Å². The van der Waals surface area contributed by atoms with E-state index >= 15 is 0 Å². The maximum Gasteiger partial charge on any atom is 0.266 e. The maximum atomic E-state index is 12.6. The Labute approximate surface area is 152 Å². The molecular weight excluding hydrogens is 336 g/mol. The van der Waals surface area contributed by atoms with Gasteiger partial charge in [0.05, 0.1) is 4.92 Å². The average molecular weight is 360 g/mol. The smallest absolute Gasteiger partial charge is 0.266 e. The highest BCUT2D eigenvalue weighted by Crippen LogP contribution is 2.33. The molecule has 2 rings (SSSR count). The first-order valence-corrected chi connectivity index (χ1v) is 8.68. The van der Waals surface area contributed by atoms with E-state index in [4.69, 9.17) is 4.74 Å². The zero-order valence-electron chi connectivity index (χ0n) is 15.3. The SMILES string of the molecule is CNC(=O)COC1=CC2=CC([N+](=O)[O-])=CCCC(C)=C2CCC(C)C1=O. The third kappa shape index (κ3) is 4.68. The summed E-state index contributed by atoms with van der Waals surface area (Å²) in [4.78, 5) is 34.9. The summed E-state index contributed by atoms with van der Waals surface area (Å²) in [5, 5.41) is 13.7. The van der Waals surface area contributed by atoms with Crippen LogP contribution >= 0.6 is 0 Å². The minimum atomic E-state index is -0.423. The fourth-order valence-corrected chi connectivity index (χ4v) is 3.03. The van der Waals surface area contributed by atoms with Gasteiger partial charge in [0.25, 0.3) is 11.6 Å². The van der Waals surface area contributed by atoms with Crippen LogP contribution in [0.5, 0.6) is 0 Å². The van der Waals surface area contributed by atoms with Crippen LogP contribution in [-0.2, 0) is 14.3 Å². The summed E-state index contributed by atoms with van der Waals surface area (Å²) in [6.45, 7) is 3.57. The number of Topliss-reactive ketones (excluding diaryl/α,β-unsaturated/α-hetero) is 1. The van der Waals surface area contributed by atoms with Gasteiger partial charge in [0.2, 0.25) is 0 Å². The van der Waals surface area contributed by atoms with Crippen molar-refractivity contribution in [2.45, 2.75) is 39.5 Å². The first kappa shape index (κ1) is 19.6. The van der Waals surface area contributed by atoms with Crippen LogP contribution in [0, 0.1) is 16.0 Å². The molecule has 140 valence electrons. The average Bonchev–Trinajstić information content (AvgIpc) is 2.59. The standard InChI is InChI=1S/C19H24N2O5/c1-12-5-4-6-15(21(24)25)9-14-10-17(26-11-18(22)20-3)19(23)13(2)7-8-16(12)14/h6,9-10,13H,4-5,7-8,11H2,1-3H3,(H,20,22). The predicted octanol–water partition coefficient (Wildman–Crippen LogP) is 2.83. The lowest BCUT2D eigenvalue weighted by molar-refractivity contribution is -0.419. The summed E-state index contributed by atoms with van der Waals surface area (Å²) < 4.78 is 5.45. The molecule has 26 heavy (non-hydrogen) atoms. The molecule has 0 heterocycles. The van der Waals surface area contributed by atoms with Crippen LogP contribution in [0.15, 0.2) is 46.4 Å². The molecule has 0 saturated carbocycles. The van der Waals surface area contributed by atoms with Crippen LogP contribution in [0.1, 0.15) is 39.5 Å². The fourth-order valence-electron chi connectivity index (χ4n) is 3.03. The summed E-state index contributed by atoms with van der Waals surface area (Å²) in [6, 6.07) is 0. The zero-order valence-corrected chi connectivity index (χ0v) is 15.3. The van der Waals surface area contributed by atoms with E-state index in [1.54, 1.807) is 12.2 Å². The third-order valence-electron chi connectivity index (χ3n) is 4.69. The van der Waals surface area contributed by atoms with Gasteiger partial charge in [-0.15, -0.1) is 0 Å². The van der Waals surface area contributed by atoms with Crippen molar-refractivity contribution in [1.29, 1.82) is 0 Å². The molecular formula is C19H24N2O5. The van der Waals surface area contributed by atoms with Gasteiger partial charge in [0, 0.05) is 19.0 Å². The molecule has 0 spiro atoms. The number of fused-ring (bicyclic) bond motifs is 1. The van der Waals surface area contributed by atoms with Gasteiger partial charge in [-0.05, 0) is 55.9 Å². The Morgan fingerprint density at radius 1 is 1.38 bits per heavy atom. The summed E-state index contributed by atoms with van der Waals surface area (Å²) >= 11 is 0. The Balaban J connectivity index is 2.53. The molecule has 0 aliphatic heterocycles. The maximum absolute atomic E-state index is 12.6. The summed E-state index contributed by atoms with van der Waals surface area (Å²) in [5.41, 5.74) is 2.78. The number of carbonyl (C=O) groups excluding carboxylic acids is 2. The van der Waals surface area contributed by atoms with E-state index in [1.807, 2.05) is 13.8 Å². The van der Waals surface area contributed by atoms with Crippen LogP contribution in [-0.4, -0.2) is 30.3 Å². The summed E-state index contributed by atoms with van der Waals surface area (Å²) in [6.07, 6.45) is 7.26. The van der Waals surface area contributed by atoms with E-state index in [-0.39, 0.29) is 35.7 Å². The molecule has 7 nitrogen and oxygen atoms in total. The number of carbonyl (C=O) groups is 2. The number of allylic oxidation sites excluding steroid dienone is 7. The quantitative estimate of drug-likeness (QED) is 0.614. The van der Waals surface area contributed by atoms with Crippen molar-refractivity contribution in [3.05, 3.63) is 56.5 Å². The number of nitro groups is 1. The summed E-state index contributed by atoms with van der Waals surface area (Å²) in [5.74, 6) is -0.720. The summed E-state index contributed by atoms with van der Waals surface area (Å²) in [7, 11) is 1.48. The van der Waals surface area contributed by atoms with E-state index in [1.165, 1.54) is 13.1 Å². The highest BCUT2D eigenvalue weighted by Gasteiger charge is 2.26. The lowest BCUT2D eigenvalue weighted by Gasteiger charge is -2.22. The van der Waals surface area contributed by atoms with Gasteiger partial charge < -0.3 is 10.1 Å². The number of amides is 1. The second-order valence-corrected chi connectivity index (χ2v) is 6.56. The molecule has 1 atom stereocenters.